The number of ether oxygens (including phenoxy) is 1. The van der Waals surface area contributed by atoms with Crippen molar-refractivity contribution in [1.29, 1.82) is 0 Å². The zero-order valence-corrected chi connectivity index (χ0v) is 6.70. The van der Waals surface area contributed by atoms with Crippen LogP contribution >= 0.6 is 0 Å². The number of hydrogen-bond acceptors (Lipinski definition) is 3. The molecule has 0 saturated heterocycles. The van der Waals surface area contributed by atoms with Crippen LogP contribution in [0, 0.1) is 0 Å². The Labute approximate surface area is 65.9 Å². The Balaban J connectivity index is 2.71. The van der Waals surface area contributed by atoms with Gasteiger partial charge in [-0.3, -0.25) is 0 Å². The first kappa shape index (κ1) is 7.85. The summed E-state index contributed by atoms with van der Waals surface area (Å²) in [4.78, 5) is 12.9. The van der Waals surface area contributed by atoms with Crippen molar-refractivity contribution in [1.82, 2.24) is 4.90 Å². The molecule has 1 heterocycles. The van der Waals surface area contributed by atoms with Crippen molar-refractivity contribution in [3.8, 4) is 0 Å². The zero-order chi connectivity index (χ0) is 8.27. The standard InChI is InChI=1S/C8H11NO2/c1-9-5-3-4-7(6-9)8(10)11-2/h3-4,6H,5H2,1-2H3. The Kier molecular flexibility index (Phi) is 2.31. The van der Waals surface area contributed by atoms with Gasteiger partial charge in [0, 0.05) is 19.8 Å². The molecule has 0 amide bonds. The normalized spacial score (nSPS) is 16.2. The molecule has 0 aromatic rings. The van der Waals surface area contributed by atoms with E-state index in [0.717, 1.165) is 6.54 Å². The second kappa shape index (κ2) is 3.23. The average Bonchev–Trinajstić information content (AvgIpc) is 2.03. The summed E-state index contributed by atoms with van der Waals surface area (Å²) in [7, 11) is 3.29. The van der Waals surface area contributed by atoms with Gasteiger partial charge in [-0.15, -0.1) is 0 Å². The first-order valence-electron chi connectivity index (χ1n) is 3.41. The van der Waals surface area contributed by atoms with Crippen molar-refractivity contribution in [3.05, 3.63) is 23.9 Å². The molecular formula is C8H11NO2. The SMILES string of the molecule is COC(=O)C1=CN(C)CC=C1. The summed E-state index contributed by atoms with van der Waals surface area (Å²) in [6.07, 6.45) is 5.46. The minimum absolute atomic E-state index is 0.284. The second-order valence-electron chi connectivity index (χ2n) is 2.42. The number of likely N-dealkylation sites (N-methyl/N-ethyl adjacent to an activating group) is 1. The van der Waals surface area contributed by atoms with Crippen molar-refractivity contribution in [2.24, 2.45) is 0 Å². The van der Waals surface area contributed by atoms with Crippen LogP contribution < -0.4 is 0 Å². The maximum absolute atomic E-state index is 10.9. The monoisotopic (exact) mass is 153 g/mol. The summed E-state index contributed by atoms with van der Waals surface area (Å²) >= 11 is 0. The van der Waals surface area contributed by atoms with Gasteiger partial charge in [0.05, 0.1) is 12.7 Å². The topological polar surface area (TPSA) is 29.5 Å². The predicted octanol–water partition coefficient (Wildman–Crippen LogP) is 0.545. The summed E-state index contributed by atoms with van der Waals surface area (Å²) < 4.78 is 4.55. The highest BCUT2D eigenvalue weighted by Crippen LogP contribution is 2.06. The van der Waals surface area contributed by atoms with E-state index >= 15 is 0 Å². The van der Waals surface area contributed by atoms with Crippen molar-refractivity contribution in [2.45, 2.75) is 0 Å². The lowest BCUT2D eigenvalue weighted by Crippen LogP contribution is -2.17. The fraction of sp³-hybridized carbons (Fsp3) is 0.375. The number of esters is 1. The minimum Gasteiger partial charge on any atom is -0.465 e. The van der Waals surface area contributed by atoms with Crippen LogP contribution in [-0.4, -0.2) is 31.6 Å². The van der Waals surface area contributed by atoms with Gasteiger partial charge in [-0.25, -0.2) is 4.79 Å². The molecule has 0 bridgehead atoms. The Bertz CT molecular complexity index is 218. The first-order chi connectivity index (χ1) is 5.24. The summed E-state index contributed by atoms with van der Waals surface area (Å²) in [6.45, 7) is 0.848. The lowest BCUT2D eigenvalue weighted by molar-refractivity contribution is -0.135. The van der Waals surface area contributed by atoms with Gasteiger partial charge in [0.15, 0.2) is 0 Å². The third-order valence-electron chi connectivity index (χ3n) is 1.47. The van der Waals surface area contributed by atoms with Gasteiger partial charge >= 0.3 is 5.97 Å². The molecule has 1 aliphatic heterocycles. The largest absolute Gasteiger partial charge is 0.465 e. The predicted molar refractivity (Wildman–Crippen MR) is 41.9 cm³/mol. The molecule has 0 saturated carbocycles. The number of rotatable bonds is 1. The molecule has 60 valence electrons. The smallest absolute Gasteiger partial charge is 0.339 e. The van der Waals surface area contributed by atoms with E-state index in [4.69, 9.17) is 0 Å². The van der Waals surface area contributed by atoms with E-state index in [9.17, 15) is 4.79 Å². The maximum Gasteiger partial charge on any atom is 0.339 e. The molecule has 0 spiro atoms. The molecule has 3 heteroatoms. The molecule has 0 N–H and O–H groups in total. The summed E-state index contributed by atoms with van der Waals surface area (Å²) in [5, 5.41) is 0. The maximum atomic E-state index is 10.9. The molecular weight excluding hydrogens is 142 g/mol. The van der Waals surface area contributed by atoms with E-state index in [-0.39, 0.29) is 5.97 Å². The van der Waals surface area contributed by atoms with E-state index in [0.29, 0.717) is 5.57 Å². The molecule has 1 rings (SSSR count). The van der Waals surface area contributed by atoms with Crippen LogP contribution in [0.2, 0.25) is 0 Å². The molecule has 0 aromatic carbocycles. The molecule has 0 radical (unpaired) electrons. The molecule has 0 fully saturated rings. The van der Waals surface area contributed by atoms with E-state index in [1.54, 1.807) is 12.3 Å². The van der Waals surface area contributed by atoms with Crippen LogP contribution in [0.15, 0.2) is 23.9 Å². The van der Waals surface area contributed by atoms with Gasteiger partial charge in [-0.1, -0.05) is 6.08 Å². The van der Waals surface area contributed by atoms with Crippen molar-refractivity contribution >= 4 is 5.97 Å². The van der Waals surface area contributed by atoms with Crippen LogP contribution in [0.25, 0.3) is 0 Å². The van der Waals surface area contributed by atoms with Gasteiger partial charge in [0.25, 0.3) is 0 Å². The lowest BCUT2D eigenvalue weighted by atomic mass is 10.2. The number of hydrogen-bond donors (Lipinski definition) is 0. The Morgan fingerprint density at radius 3 is 3.00 bits per heavy atom. The van der Waals surface area contributed by atoms with E-state index in [2.05, 4.69) is 4.74 Å². The Hall–Kier alpha value is -1.25. The number of methoxy groups -OCH3 is 1. The van der Waals surface area contributed by atoms with Crippen LogP contribution in [-0.2, 0) is 9.53 Å². The van der Waals surface area contributed by atoms with E-state index in [1.807, 2.05) is 18.0 Å². The molecule has 0 aromatic heterocycles. The van der Waals surface area contributed by atoms with Crippen molar-refractivity contribution in [2.75, 3.05) is 20.7 Å². The third-order valence-corrected chi connectivity index (χ3v) is 1.47. The molecule has 0 atom stereocenters. The Morgan fingerprint density at radius 1 is 1.73 bits per heavy atom. The third kappa shape index (κ3) is 1.83. The fourth-order valence-electron chi connectivity index (χ4n) is 0.918. The molecule has 0 aliphatic carbocycles. The summed E-state index contributed by atoms with van der Waals surface area (Å²) in [6, 6.07) is 0. The molecule has 1 aliphatic rings. The number of nitrogens with zero attached hydrogens (tertiary/aromatic N) is 1. The summed E-state index contributed by atoms with van der Waals surface area (Å²) in [5.41, 5.74) is 0.598. The highest BCUT2D eigenvalue weighted by molar-refractivity contribution is 5.91. The first-order valence-corrected chi connectivity index (χ1v) is 3.41. The number of carbonyl (C=O) groups excluding carboxylic acids is 1. The van der Waals surface area contributed by atoms with Crippen LogP contribution in [0.5, 0.6) is 0 Å². The van der Waals surface area contributed by atoms with Gasteiger partial charge < -0.3 is 9.64 Å². The lowest BCUT2D eigenvalue weighted by Gasteiger charge is -2.16. The van der Waals surface area contributed by atoms with Gasteiger partial charge in [-0.05, 0) is 6.08 Å². The fourth-order valence-corrected chi connectivity index (χ4v) is 0.918. The van der Waals surface area contributed by atoms with Crippen LogP contribution in [0.1, 0.15) is 0 Å². The van der Waals surface area contributed by atoms with E-state index < -0.39 is 0 Å². The molecule has 0 unspecified atom stereocenters. The zero-order valence-electron chi connectivity index (χ0n) is 6.70. The number of carbonyl (C=O) groups is 1. The van der Waals surface area contributed by atoms with Crippen molar-refractivity contribution in [3.63, 3.8) is 0 Å². The van der Waals surface area contributed by atoms with Crippen molar-refractivity contribution < 1.29 is 9.53 Å². The second-order valence-corrected chi connectivity index (χ2v) is 2.42. The van der Waals surface area contributed by atoms with Gasteiger partial charge in [0.2, 0.25) is 0 Å². The van der Waals surface area contributed by atoms with Crippen LogP contribution in [0.4, 0.5) is 0 Å². The molecule has 3 nitrogen and oxygen atoms in total. The van der Waals surface area contributed by atoms with Gasteiger partial charge in [0.1, 0.15) is 0 Å². The quantitative estimate of drug-likeness (QED) is 0.515. The minimum atomic E-state index is -0.284. The van der Waals surface area contributed by atoms with Crippen LogP contribution in [0.3, 0.4) is 0 Å². The van der Waals surface area contributed by atoms with E-state index in [1.165, 1.54) is 7.11 Å². The Morgan fingerprint density at radius 2 is 2.45 bits per heavy atom. The molecule has 11 heavy (non-hydrogen) atoms. The van der Waals surface area contributed by atoms with Gasteiger partial charge in [-0.2, -0.15) is 0 Å². The highest BCUT2D eigenvalue weighted by Gasteiger charge is 2.09. The average molecular weight is 153 g/mol. The highest BCUT2D eigenvalue weighted by atomic mass is 16.5. The summed E-state index contributed by atoms with van der Waals surface area (Å²) in [5.74, 6) is -0.284.